The third-order valence-corrected chi connectivity index (χ3v) is 2.76. The molecule has 0 spiro atoms. The molecule has 0 atom stereocenters. The molecule has 0 bridgehead atoms. The maximum atomic E-state index is 5.96. The van der Waals surface area contributed by atoms with E-state index in [-0.39, 0.29) is 0 Å². The first-order valence-electron chi connectivity index (χ1n) is 5.94. The highest BCUT2D eigenvalue weighted by Crippen LogP contribution is 2.21. The molecular formula is C15H16N4. The molecule has 96 valence electrons. The molecule has 4 N–H and O–H groups in total. The smallest absolute Gasteiger partial charge is 0.161 e. The van der Waals surface area contributed by atoms with Crippen LogP contribution in [0.4, 0.5) is 5.82 Å². The number of nitrogens with zero attached hydrogens (tertiary/aromatic N) is 2. The Morgan fingerprint density at radius 1 is 1.26 bits per heavy atom. The van der Waals surface area contributed by atoms with Crippen molar-refractivity contribution in [3.05, 3.63) is 60.6 Å². The second kappa shape index (κ2) is 5.35. The summed E-state index contributed by atoms with van der Waals surface area (Å²) in [7, 11) is 0. The Morgan fingerprint density at radius 3 is 2.68 bits per heavy atom. The van der Waals surface area contributed by atoms with Crippen molar-refractivity contribution in [3.8, 4) is 0 Å². The number of hydrogen-bond donors (Lipinski definition) is 2. The molecule has 0 radical (unpaired) electrons. The largest absolute Gasteiger partial charge is 0.399 e. The standard InChI is InChI=1S/C15H16N4/c1-3-10(9-11(16)4-2)15-18-13-8-6-5-7-12(13)14(17)19-15/h3-9H,2,16H2,1H3,(H2,17,18,19)/b10-3+,11-9+. The summed E-state index contributed by atoms with van der Waals surface area (Å²) < 4.78 is 0. The SMILES string of the molecule is C=C/C(N)=C\C(=C/C)c1nc(N)c2ccccc2n1. The molecule has 0 saturated carbocycles. The highest BCUT2D eigenvalue weighted by atomic mass is 14.9. The van der Waals surface area contributed by atoms with E-state index in [0.717, 1.165) is 16.5 Å². The fraction of sp³-hybridized carbons (Fsp3) is 0.0667. The van der Waals surface area contributed by atoms with Gasteiger partial charge in [-0.25, -0.2) is 9.97 Å². The van der Waals surface area contributed by atoms with Crippen LogP contribution >= 0.6 is 0 Å². The molecule has 2 rings (SSSR count). The number of aromatic nitrogens is 2. The number of allylic oxidation sites excluding steroid dienone is 4. The number of rotatable bonds is 3. The number of hydrogen-bond acceptors (Lipinski definition) is 4. The molecule has 1 heterocycles. The fourth-order valence-electron chi connectivity index (χ4n) is 1.75. The van der Waals surface area contributed by atoms with Crippen LogP contribution in [0.3, 0.4) is 0 Å². The van der Waals surface area contributed by atoms with Gasteiger partial charge in [0.25, 0.3) is 0 Å². The molecule has 0 aliphatic heterocycles. The lowest BCUT2D eigenvalue weighted by molar-refractivity contribution is 1.17. The summed E-state index contributed by atoms with van der Waals surface area (Å²) in [5.74, 6) is 1.02. The van der Waals surface area contributed by atoms with Gasteiger partial charge in [-0.3, -0.25) is 0 Å². The Balaban J connectivity index is 2.59. The number of fused-ring (bicyclic) bond motifs is 1. The number of nitrogens with two attached hydrogens (primary N) is 2. The lowest BCUT2D eigenvalue weighted by Gasteiger charge is -2.06. The molecule has 0 fully saturated rings. The average Bonchev–Trinajstić information content (AvgIpc) is 2.44. The monoisotopic (exact) mass is 252 g/mol. The van der Waals surface area contributed by atoms with Gasteiger partial charge in [-0.2, -0.15) is 0 Å². The van der Waals surface area contributed by atoms with Gasteiger partial charge in [0, 0.05) is 16.7 Å². The number of nitrogen functional groups attached to an aromatic ring is 1. The second-order valence-electron chi connectivity index (χ2n) is 4.04. The summed E-state index contributed by atoms with van der Waals surface area (Å²) in [6.45, 7) is 5.52. The molecular weight excluding hydrogens is 236 g/mol. The van der Waals surface area contributed by atoms with Gasteiger partial charge >= 0.3 is 0 Å². The van der Waals surface area contributed by atoms with Crippen LogP contribution < -0.4 is 11.5 Å². The number of para-hydroxylation sites is 1. The van der Waals surface area contributed by atoms with Gasteiger partial charge in [0.1, 0.15) is 5.82 Å². The minimum atomic E-state index is 0.463. The maximum Gasteiger partial charge on any atom is 0.161 e. The van der Waals surface area contributed by atoms with Gasteiger partial charge in [-0.05, 0) is 31.2 Å². The Labute approximate surface area is 112 Å². The summed E-state index contributed by atoms with van der Waals surface area (Å²) >= 11 is 0. The summed E-state index contributed by atoms with van der Waals surface area (Å²) in [6.07, 6.45) is 5.24. The maximum absolute atomic E-state index is 5.96. The Kier molecular flexibility index (Phi) is 3.61. The van der Waals surface area contributed by atoms with Gasteiger partial charge in [-0.1, -0.05) is 24.8 Å². The van der Waals surface area contributed by atoms with E-state index in [4.69, 9.17) is 11.5 Å². The van der Waals surface area contributed by atoms with Crippen LogP contribution in [0.1, 0.15) is 12.7 Å². The van der Waals surface area contributed by atoms with Crippen LogP contribution in [-0.2, 0) is 0 Å². The van der Waals surface area contributed by atoms with Crippen molar-refractivity contribution in [1.82, 2.24) is 9.97 Å². The van der Waals surface area contributed by atoms with Gasteiger partial charge in [0.05, 0.1) is 5.52 Å². The quantitative estimate of drug-likeness (QED) is 0.823. The van der Waals surface area contributed by atoms with Gasteiger partial charge in [-0.15, -0.1) is 0 Å². The summed E-state index contributed by atoms with van der Waals surface area (Å²) in [5.41, 5.74) is 13.9. The Bertz CT molecular complexity index is 684. The molecule has 4 heteroatoms. The van der Waals surface area contributed by atoms with Gasteiger partial charge in [0.2, 0.25) is 0 Å². The molecule has 0 aliphatic carbocycles. The molecule has 2 aromatic rings. The van der Waals surface area contributed by atoms with Crippen LogP contribution in [0.5, 0.6) is 0 Å². The van der Waals surface area contributed by atoms with Crippen LogP contribution in [0.15, 0.2) is 54.8 Å². The van der Waals surface area contributed by atoms with Crippen molar-refractivity contribution in [3.63, 3.8) is 0 Å². The minimum Gasteiger partial charge on any atom is -0.399 e. The van der Waals surface area contributed by atoms with Crippen molar-refractivity contribution in [2.45, 2.75) is 6.92 Å². The Hall–Kier alpha value is -2.62. The highest BCUT2D eigenvalue weighted by Gasteiger charge is 2.07. The molecule has 1 aromatic heterocycles. The molecule has 0 unspecified atom stereocenters. The first kappa shape index (κ1) is 12.8. The molecule has 19 heavy (non-hydrogen) atoms. The van der Waals surface area contributed by atoms with E-state index in [1.807, 2.05) is 37.3 Å². The van der Waals surface area contributed by atoms with E-state index in [1.165, 1.54) is 0 Å². The third-order valence-electron chi connectivity index (χ3n) is 2.76. The van der Waals surface area contributed by atoms with Crippen molar-refractivity contribution in [2.24, 2.45) is 5.73 Å². The molecule has 4 nitrogen and oxygen atoms in total. The summed E-state index contributed by atoms with van der Waals surface area (Å²) in [5, 5.41) is 0.849. The average molecular weight is 252 g/mol. The van der Waals surface area contributed by atoms with Gasteiger partial charge < -0.3 is 11.5 Å². The summed E-state index contributed by atoms with van der Waals surface area (Å²) in [6, 6.07) is 7.64. The molecule has 0 aliphatic rings. The second-order valence-corrected chi connectivity index (χ2v) is 4.04. The Morgan fingerprint density at radius 2 is 2.00 bits per heavy atom. The first-order valence-corrected chi connectivity index (χ1v) is 5.94. The topological polar surface area (TPSA) is 77.8 Å². The summed E-state index contributed by atoms with van der Waals surface area (Å²) in [4.78, 5) is 8.82. The zero-order valence-electron chi connectivity index (χ0n) is 10.8. The third kappa shape index (κ3) is 2.63. The van der Waals surface area contributed by atoms with Gasteiger partial charge in [0.15, 0.2) is 5.82 Å². The number of anilines is 1. The van der Waals surface area contributed by atoms with Crippen LogP contribution in [0, 0.1) is 0 Å². The zero-order valence-corrected chi connectivity index (χ0v) is 10.8. The van der Waals surface area contributed by atoms with Crippen molar-refractivity contribution in [2.75, 3.05) is 5.73 Å². The predicted octanol–water partition coefficient (Wildman–Crippen LogP) is 2.64. The van der Waals surface area contributed by atoms with E-state index in [2.05, 4.69) is 16.5 Å². The van der Waals surface area contributed by atoms with Crippen molar-refractivity contribution >= 4 is 22.3 Å². The molecule has 0 saturated heterocycles. The van der Waals surface area contributed by atoms with E-state index < -0.39 is 0 Å². The highest BCUT2D eigenvalue weighted by molar-refractivity contribution is 5.89. The first-order chi connectivity index (χ1) is 9.15. The van der Waals surface area contributed by atoms with E-state index >= 15 is 0 Å². The predicted molar refractivity (Wildman–Crippen MR) is 80.1 cm³/mol. The molecule has 1 aromatic carbocycles. The fourth-order valence-corrected chi connectivity index (χ4v) is 1.75. The molecule has 0 amide bonds. The van der Waals surface area contributed by atoms with Crippen LogP contribution in [0.25, 0.3) is 16.5 Å². The normalized spacial score (nSPS) is 12.7. The van der Waals surface area contributed by atoms with E-state index in [9.17, 15) is 0 Å². The minimum absolute atomic E-state index is 0.463. The zero-order chi connectivity index (χ0) is 13.8. The number of benzene rings is 1. The van der Waals surface area contributed by atoms with Crippen molar-refractivity contribution in [1.29, 1.82) is 0 Å². The lowest BCUT2D eigenvalue weighted by Crippen LogP contribution is -2.01. The van der Waals surface area contributed by atoms with Crippen molar-refractivity contribution < 1.29 is 0 Å². The van der Waals surface area contributed by atoms with Crippen LogP contribution in [-0.4, -0.2) is 9.97 Å². The van der Waals surface area contributed by atoms with E-state index in [0.29, 0.717) is 17.3 Å². The van der Waals surface area contributed by atoms with Crippen LogP contribution in [0.2, 0.25) is 0 Å². The van der Waals surface area contributed by atoms with E-state index in [1.54, 1.807) is 12.2 Å². The lowest BCUT2D eigenvalue weighted by atomic mass is 10.1.